The van der Waals surface area contributed by atoms with Crippen LogP contribution < -0.4 is 14.8 Å². The van der Waals surface area contributed by atoms with Gasteiger partial charge in [0.1, 0.15) is 11.5 Å². The van der Waals surface area contributed by atoms with Crippen LogP contribution in [0.3, 0.4) is 0 Å². The van der Waals surface area contributed by atoms with Crippen LogP contribution in [0.4, 0.5) is 0 Å². The lowest BCUT2D eigenvalue weighted by Gasteiger charge is -2.36. The van der Waals surface area contributed by atoms with Gasteiger partial charge in [0.05, 0.1) is 14.2 Å². The van der Waals surface area contributed by atoms with Crippen molar-refractivity contribution in [2.45, 2.75) is 25.9 Å². The van der Waals surface area contributed by atoms with Crippen LogP contribution in [-0.2, 0) is 0 Å². The minimum absolute atomic E-state index is 0.0161. The lowest BCUT2D eigenvalue weighted by atomic mass is 10.1. The van der Waals surface area contributed by atoms with Crippen LogP contribution in [0.5, 0.6) is 11.5 Å². The molecule has 1 aliphatic heterocycles. The summed E-state index contributed by atoms with van der Waals surface area (Å²) in [5, 5.41) is 3.42. The first kappa shape index (κ1) is 14.7. The molecule has 1 aliphatic rings. The lowest BCUT2D eigenvalue weighted by molar-refractivity contribution is 0.0673. The molecule has 5 nitrogen and oxygen atoms in total. The third-order valence-electron chi connectivity index (χ3n) is 3.44. The van der Waals surface area contributed by atoms with Crippen molar-refractivity contribution in [1.29, 1.82) is 0 Å². The predicted octanol–water partition coefficient (Wildman–Crippen LogP) is 1.53. The summed E-state index contributed by atoms with van der Waals surface area (Å²) in [4.78, 5) is 14.5. The van der Waals surface area contributed by atoms with Crippen molar-refractivity contribution in [1.82, 2.24) is 10.2 Å². The topological polar surface area (TPSA) is 50.8 Å². The van der Waals surface area contributed by atoms with Gasteiger partial charge in [-0.15, -0.1) is 0 Å². The molecular weight excluding hydrogens is 256 g/mol. The molecule has 1 aromatic carbocycles. The third-order valence-corrected chi connectivity index (χ3v) is 3.44. The number of hydrogen-bond acceptors (Lipinski definition) is 4. The van der Waals surface area contributed by atoms with Gasteiger partial charge < -0.3 is 19.7 Å². The molecule has 5 heteroatoms. The van der Waals surface area contributed by atoms with E-state index in [2.05, 4.69) is 19.2 Å². The van der Waals surface area contributed by atoms with Crippen LogP contribution in [0.25, 0.3) is 0 Å². The van der Waals surface area contributed by atoms with E-state index in [9.17, 15) is 4.79 Å². The summed E-state index contributed by atoms with van der Waals surface area (Å²) < 4.78 is 10.4. The van der Waals surface area contributed by atoms with Gasteiger partial charge in [-0.3, -0.25) is 4.79 Å². The van der Waals surface area contributed by atoms with Crippen LogP contribution in [0.2, 0.25) is 0 Å². The molecule has 0 saturated carbocycles. The summed E-state index contributed by atoms with van der Waals surface area (Å²) in [5.74, 6) is 1.27. The van der Waals surface area contributed by atoms with E-state index in [-0.39, 0.29) is 5.91 Å². The first-order valence-corrected chi connectivity index (χ1v) is 6.82. The van der Waals surface area contributed by atoms with Crippen LogP contribution in [0.1, 0.15) is 24.2 Å². The number of hydrogen-bond donors (Lipinski definition) is 1. The Kier molecular flexibility index (Phi) is 4.49. The van der Waals surface area contributed by atoms with Gasteiger partial charge in [-0.05, 0) is 26.0 Å². The average molecular weight is 278 g/mol. The zero-order chi connectivity index (χ0) is 14.7. The summed E-state index contributed by atoms with van der Waals surface area (Å²) in [5.41, 5.74) is 0.600. The maximum atomic E-state index is 12.6. The fourth-order valence-corrected chi connectivity index (χ4v) is 2.61. The Hall–Kier alpha value is -1.75. The number of methoxy groups -OCH3 is 2. The zero-order valence-electron chi connectivity index (χ0n) is 12.5. The van der Waals surface area contributed by atoms with E-state index in [1.165, 1.54) is 0 Å². The van der Waals surface area contributed by atoms with Gasteiger partial charge in [0.25, 0.3) is 5.91 Å². The van der Waals surface area contributed by atoms with E-state index in [4.69, 9.17) is 9.47 Å². The number of ether oxygens (including phenoxy) is 2. The highest BCUT2D eigenvalue weighted by atomic mass is 16.5. The number of nitrogens with one attached hydrogen (secondary N) is 1. The second-order valence-corrected chi connectivity index (χ2v) is 5.28. The van der Waals surface area contributed by atoms with Gasteiger partial charge in [-0.1, -0.05) is 0 Å². The maximum Gasteiger partial charge on any atom is 0.254 e. The van der Waals surface area contributed by atoms with Crippen molar-refractivity contribution in [3.05, 3.63) is 23.8 Å². The Morgan fingerprint density at radius 1 is 1.10 bits per heavy atom. The van der Waals surface area contributed by atoms with Crippen molar-refractivity contribution < 1.29 is 14.3 Å². The van der Waals surface area contributed by atoms with E-state index >= 15 is 0 Å². The van der Waals surface area contributed by atoms with Crippen LogP contribution in [0, 0.1) is 0 Å². The fraction of sp³-hybridized carbons (Fsp3) is 0.533. The number of nitrogens with zero attached hydrogens (tertiary/aromatic N) is 1. The molecule has 1 heterocycles. The number of carbonyl (C=O) groups excluding carboxylic acids is 1. The zero-order valence-corrected chi connectivity index (χ0v) is 12.5. The van der Waals surface area contributed by atoms with Crippen LogP contribution >= 0.6 is 0 Å². The molecule has 0 aromatic heterocycles. The Balaban J connectivity index is 2.23. The van der Waals surface area contributed by atoms with Gasteiger partial charge in [0.2, 0.25) is 0 Å². The number of carbonyl (C=O) groups is 1. The summed E-state index contributed by atoms with van der Waals surface area (Å²) in [6, 6.07) is 5.87. The first-order chi connectivity index (χ1) is 9.53. The standard InChI is InChI=1S/C15H22N2O3/c1-10-8-17(9-11(2)16-10)15(18)12-5-13(19-3)7-14(6-12)20-4/h5-7,10-11,16H,8-9H2,1-4H3. The minimum Gasteiger partial charge on any atom is -0.497 e. The van der Waals surface area contributed by atoms with Crippen LogP contribution in [-0.4, -0.2) is 50.2 Å². The minimum atomic E-state index is 0.0161. The molecule has 0 radical (unpaired) electrons. The van der Waals surface area contributed by atoms with Crippen molar-refractivity contribution in [2.24, 2.45) is 0 Å². The summed E-state index contributed by atoms with van der Waals surface area (Å²) in [6.07, 6.45) is 0. The molecule has 20 heavy (non-hydrogen) atoms. The van der Waals surface area contributed by atoms with Crippen molar-refractivity contribution in [3.8, 4) is 11.5 Å². The van der Waals surface area contributed by atoms with Gasteiger partial charge in [-0.2, -0.15) is 0 Å². The molecule has 0 bridgehead atoms. The molecule has 2 unspecified atom stereocenters. The highest BCUT2D eigenvalue weighted by molar-refractivity contribution is 5.95. The molecule has 2 atom stereocenters. The Morgan fingerprint density at radius 3 is 2.05 bits per heavy atom. The van der Waals surface area contributed by atoms with Gasteiger partial charge in [0, 0.05) is 36.8 Å². The van der Waals surface area contributed by atoms with E-state index in [1.54, 1.807) is 32.4 Å². The maximum absolute atomic E-state index is 12.6. The quantitative estimate of drug-likeness (QED) is 0.911. The van der Waals surface area contributed by atoms with Gasteiger partial charge in [-0.25, -0.2) is 0 Å². The molecule has 1 N–H and O–H groups in total. The number of rotatable bonds is 3. The predicted molar refractivity (Wildman–Crippen MR) is 77.5 cm³/mol. The van der Waals surface area contributed by atoms with Gasteiger partial charge in [0.15, 0.2) is 0 Å². The van der Waals surface area contributed by atoms with Crippen molar-refractivity contribution >= 4 is 5.91 Å². The van der Waals surface area contributed by atoms with Gasteiger partial charge >= 0.3 is 0 Å². The van der Waals surface area contributed by atoms with E-state index in [0.717, 1.165) is 0 Å². The summed E-state index contributed by atoms with van der Waals surface area (Å²) in [6.45, 7) is 5.59. The molecule has 1 aromatic rings. The van der Waals surface area contributed by atoms with E-state index in [1.807, 2.05) is 4.90 Å². The van der Waals surface area contributed by atoms with E-state index in [0.29, 0.717) is 42.2 Å². The highest BCUT2D eigenvalue weighted by Crippen LogP contribution is 2.24. The first-order valence-electron chi connectivity index (χ1n) is 6.82. The molecule has 110 valence electrons. The van der Waals surface area contributed by atoms with Crippen molar-refractivity contribution in [3.63, 3.8) is 0 Å². The fourth-order valence-electron chi connectivity index (χ4n) is 2.61. The molecule has 1 fully saturated rings. The summed E-state index contributed by atoms with van der Waals surface area (Å²) in [7, 11) is 3.16. The normalized spacial score (nSPS) is 22.5. The van der Waals surface area contributed by atoms with Crippen LogP contribution in [0.15, 0.2) is 18.2 Å². The highest BCUT2D eigenvalue weighted by Gasteiger charge is 2.26. The number of benzene rings is 1. The molecule has 0 aliphatic carbocycles. The second kappa shape index (κ2) is 6.13. The molecule has 0 spiro atoms. The second-order valence-electron chi connectivity index (χ2n) is 5.28. The molecule has 1 saturated heterocycles. The average Bonchev–Trinajstić information content (AvgIpc) is 2.44. The smallest absolute Gasteiger partial charge is 0.254 e. The SMILES string of the molecule is COc1cc(OC)cc(C(=O)N2CC(C)NC(C)C2)c1. The third kappa shape index (κ3) is 3.22. The molecule has 2 rings (SSSR count). The summed E-state index contributed by atoms with van der Waals surface area (Å²) >= 11 is 0. The Labute approximate surface area is 119 Å². The number of amides is 1. The Bertz CT molecular complexity index is 458. The lowest BCUT2D eigenvalue weighted by Crippen LogP contribution is -2.55. The molecule has 1 amide bonds. The molecular formula is C15H22N2O3. The number of piperazine rings is 1. The monoisotopic (exact) mass is 278 g/mol. The van der Waals surface area contributed by atoms with E-state index < -0.39 is 0 Å². The van der Waals surface area contributed by atoms with Crippen molar-refractivity contribution in [2.75, 3.05) is 27.3 Å². The largest absolute Gasteiger partial charge is 0.497 e. The Morgan fingerprint density at radius 2 is 1.60 bits per heavy atom.